The second-order valence-corrected chi connectivity index (χ2v) is 6.76. The van der Waals surface area contributed by atoms with Crippen LogP contribution in [0.5, 0.6) is 0 Å². The van der Waals surface area contributed by atoms with E-state index >= 15 is 0 Å². The zero-order valence-electron chi connectivity index (χ0n) is 14.3. The maximum atomic E-state index is 12.0. The second kappa shape index (κ2) is 6.07. The van der Waals surface area contributed by atoms with E-state index in [-0.39, 0.29) is 5.91 Å². The molecule has 26 heavy (non-hydrogen) atoms. The van der Waals surface area contributed by atoms with Gasteiger partial charge in [0.05, 0.1) is 17.0 Å². The number of nitrogens with one attached hydrogen (secondary N) is 3. The predicted molar refractivity (Wildman–Crippen MR) is 98.7 cm³/mol. The molecule has 0 aliphatic carbocycles. The Morgan fingerprint density at radius 3 is 2.88 bits per heavy atom. The number of benzene rings is 1. The summed E-state index contributed by atoms with van der Waals surface area (Å²) in [5.74, 6) is 0.679. The molecule has 0 saturated heterocycles. The SMILES string of the molecule is O=C1NCCc2[nH]c(-c3ccnc(-c4ccc5c(c4)CNCC5)n3)cc21. The van der Waals surface area contributed by atoms with Crippen molar-refractivity contribution in [1.82, 2.24) is 25.6 Å². The summed E-state index contributed by atoms with van der Waals surface area (Å²) >= 11 is 0. The molecule has 0 saturated carbocycles. The number of carbonyl (C=O) groups excluding carboxylic acids is 1. The Kier molecular flexibility index (Phi) is 3.57. The first-order valence-corrected chi connectivity index (χ1v) is 8.94. The van der Waals surface area contributed by atoms with Gasteiger partial charge < -0.3 is 15.6 Å². The fraction of sp³-hybridized carbons (Fsp3) is 0.250. The van der Waals surface area contributed by atoms with Gasteiger partial charge in [0.25, 0.3) is 5.91 Å². The van der Waals surface area contributed by atoms with Crippen LogP contribution in [0.4, 0.5) is 0 Å². The monoisotopic (exact) mass is 345 g/mol. The molecule has 1 aromatic carbocycles. The molecule has 0 atom stereocenters. The fourth-order valence-corrected chi connectivity index (χ4v) is 3.70. The van der Waals surface area contributed by atoms with Crippen molar-refractivity contribution < 1.29 is 4.79 Å². The Bertz CT molecular complexity index is 1010. The largest absolute Gasteiger partial charge is 0.356 e. The first-order valence-electron chi connectivity index (χ1n) is 8.94. The Morgan fingerprint density at radius 2 is 1.96 bits per heavy atom. The molecule has 0 spiro atoms. The highest BCUT2D eigenvalue weighted by Gasteiger charge is 2.20. The maximum absolute atomic E-state index is 12.0. The molecule has 2 aliphatic heterocycles. The van der Waals surface area contributed by atoms with Gasteiger partial charge in [-0.05, 0) is 42.3 Å². The maximum Gasteiger partial charge on any atom is 0.253 e. The molecule has 1 amide bonds. The first kappa shape index (κ1) is 15.3. The number of nitrogens with zero attached hydrogens (tertiary/aromatic N) is 2. The third-order valence-electron chi connectivity index (χ3n) is 5.09. The van der Waals surface area contributed by atoms with E-state index in [9.17, 15) is 4.79 Å². The van der Waals surface area contributed by atoms with Gasteiger partial charge in [-0.25, -0.2) is 9.97 Å². The number of rotatable bonds is 2. The number of amides is 1. The van der Waals surface area contributed by atoms with E-state index in [1.165, 1.54) is 11.1 Å². The van der Waals surface area contributed by atoms with E-state index in [1.54, 1.807) is 6.20 Å². The molecule has 3 aromatic rings. The van der Waals surface area contributed by atoms with Gasteiger partial charge in [0.15, 0.2) is 5.82 Å². The molecule has 130 valence electrons. The van der Waals surface area contributed by atoms with Crippen LogP contribution in [0.3, 0.4) is 0 Å². The van der Waals surface area contributed by atoms with E-state index in [2.05, 4.69) is 38.8 Å². The van der Waals surface area contributed by atoms with Gasteiger partial charge in [0.2, 0.25) is 0 Å². The van der Waals surface area contributed by atoms with Crippen LogP contribution in [0, 0.1) is 0 Å². The quantitative estimate of drug-likeness (QED) is 0.664. The van der Waals surface area contributed by atoms with Crippen LogP contribution >= 0.6 is 0 Å². The van der Waals surface area contributed by atoms with Gasteiger partial charge >= 0.3 is 0 Å². The highest BCUT2D eigenvalue weighted by Crippen LogP contribution is 2.26. The Hall–Kier alpha value is -2.99. The third kappa shape index (κ3) is 2.59. The predicted octanol–water partition coefficient (Wildman–Crippen LogP) is 2.07. The minimum atomic E-state index is -0.0229. The Morgan fingerprint density at radius 1 is 1.00 bits per heavy atom. The highest BCUT2D eigenvalue weighted by atomic mass is 16.1. The van der Waals surface area contributed by atoms with Crippen molar-refractivity contribution in [3.8, 4) is 22.8 Å². The summed E-state index contributed by atoms with van der Waals surface area (Å²) in [6, 6.07) is 10.2. The van der Waals surface area contributed by atoms with Crippen molar-refractivity contribution in [1.29, 1.82) is 0 Å². The van der Waals surface area contributed by atoms with Gasteiger partial charge in [0, 0.05) is 37.0 Å². The standard InChI is InChI=1S/C20H19N5O/c26-20-15-10-18(24-16(15)4-8-23-20)17-5-7-22-19(25-17)13-2-1-12-3-6-21-11-14(12)9-13/h1-2,5,7,9-10,21,24H,3-4,6,8,11H2,(H,23,26). The number of aromatic amines is 1. The molecule has 6 nitrogen and oxygen atoms in total. The van der Waals surface area contributed by atoms with Crippen LogP contribution in [-0.2, 0) is 19.4 Å². The molecular formula is C20H19N5O. The minimum absolute atomic E-state index is 0.0229. The number of carbonyl (C=O) groups is 1. The number of fused-ring (bicyclic) bond motifs is 2. The van der Waals surface area contributed by atoms with E-state index < -0.39 is 0 Å². The molecule has 0 radical (unpaired) electrons. The van der Waals surface area contributed by atoms with Gasteiger partial charge in [0.1, 0.15) is 0 Å². The van der Waals surface area contributed by atoms with E-state index in [0.717, 1.165) is 48.6 Å². The number of H-pyrrole nitrogens is 1. The first-order chi connectivity index (χ1) is 12.8. The Balaban J connectivity index is 1.53. The lowest BCUT2D eigenvalue weighted by atomic mass is 9.98. The van der Waals surface area contributed by atoms with Crippen molar-refractivity contribution in [3.05, 3.63) is 58.9 Å². The van der Waals surface area contributed by atoms with E-state index in [0.29, 0.717) is 17.9 Å². The smallest absolute Gasteiger partial charge is 0.253 e. The van der Waals surface area contributed by atoms with E-state index in [1.807, 2.05) is 12.1 Å². The van der Waals surface area contributed by atoms with Crippen molar-refractivity contribution in [2.24, 2.45) is 0 Å². The van der Waals surface area contributed by atoms with Crippen LogP contribution in [0.1, 0.15) is 27.2 Å². The summed E-state index contributed by atoms with van der Waals surface area (Å²) in [6.45, 7) is 2.59. The van der Waals surface area contributed by atoms with E-state index in [4.69, 9.17) is 4.98 Å². The summed E-state index contributed by atoms with van der Waals surface area (Å²) in [4.78, 5) is 24.5. The highest BCUT2D eigenvalue weighted by molar-refractivity contribution is 5.97. The normalized spacial score (nSPS) is 15.9. The van der Waals surface area contributed by atoms with Crippen molar-refractivity contribution >= 4 is 5.91 Å². The topological polar surface area (TPSA) is 82.7 Å². The fourth-order valence-electron chi connectivity index (χ4n) is 3.70. The second-order valence-electron chi connectivity index (χ2n) is 6.76. The molecule has 3 N–H and O–H groups in total. The molecule has 2 aliphatic rings. The molecule has 6 heteroatoms. The lowest BCUT2D eigenvalue weighted by Gasteiger charge is -2.17. The summed E-state index contributed by atoms with van der Waals surface area (Å²) in [5, 5.41) is 6.28. The molecular weight excluding hydrogens is 326 g/mol. The summed E-state index contributed by atoms with van der Waals surface area (Å²) in [6.07, 6.45) is 3.65. The van der Waals surface area contributed by atoms with Crippen LogP contribution < -0.4 is 10.6 Å². The summed E-state index contributed by atoms with van der Waals surface area (Å²) < 4.78 is 0. The molecule has 0 bridgehead atoms. The molecule has 2 aromatic heterocycles. The van der Waals surface area contributed by atoms with Crippen molar-refractivity contribution in [2.45, 2.75) is 19.4 Å². The molecule has 0 fully saturated rings. The van der Waals surface area contributed by atoms with Gasteiger partial charge in [-0.2, -0.15) is 0 Å². The van der Waals surface area contributed by atoms with Crippen LogP contribution in [0.25, 0.3) is 22.8 Å². The van der Waals surface area contributed by atoms with Gasteiger partial charge in [-0.3, -0.25) is 4.79 Å². The molecule has 0 unspecified atom stereocenters. The average Bonchev–Trinajstić information content (AvgIpc) is 3.14. The molecule has 5 rings (SSSR count). The van der Waals surface area contributed by atoms with Crippen LogP contribution in [0.15, 0.2) is 36.5 Å². The average molecular weight is 345 g/mol. The zero-order chi connectivity index (χ0) is 17.5. The van der Waals surface area contributed by atoms with Gasteiger partial charge in [-0.1, -0.05) is 12.1 Å². The Labute approximate surface area is 151 Å². The van der Waals surface area contributed by atoms with Crippen LogP contribution in [-0.4, -0.2) is 33.9 Å². The number of hydrogen-bond acceptors (Lipinski definition) is 4. The van der Waals surface area contributed by atoms with Gasteiger partial charge in [-0.15, -0.1) is 0 Å². The minimum Gasteiger partial charge on any atom is -0.356 e. The lowest BCUT2D eigenvalue weighted by molar-refractivity contribution is 0.0946. The zero-order valence-corrected chi connectivity index (χ0v) is 14.3. The summed E-state index contributed by atoms with van der Waals surface area (Å²) in [7, 11) is 0. The van der Waals surface area contributed by atoms with Crippen molar-refractivity contribution in [3.63, 3.8) is 0 Å². The van der Waals surface area contributed by atoms with Crippen LogP contribution in [0.2, 0.25) is 0 Å². The molecule has 4 heterocycles. The lowest BCUT2D eigenvalue weighted by Crippen LogP contribution is -2.31. The number of aromatic nitrogens is 3. The number of hydrogen-bond donors (Lipinski definition) is 3. The third-order valence-corrected chi connectivity index (χ3v) is 5.09. The summed E-state index contributed by atoms with van der Waals surface area (Å²) in [5.41, 5.74) is 7.07. The van der Waals surface area contributed by atoms with Crippen molar-refractivity contribution in [2.75, 3.05) is 13.1 Å².